The van der Waals surface area contributed by atoms with Crippen molar-refractivity contribution in [3.8, 4) is 0 Å². The van der Waals surface area contributed by atoms with E-state index in [-0.39, 0.29) is 23.1 Å². The SMILES string of the molecule is COC(=O)C1CCCC(Nc2ncnc(Cl)c2N)C1. The van der Waals surface area contributed by atoms with Gasteiger partial charge in [0.05, 0.1) is 13.0 Å². The second kappa shape index (κ2) is 6.06. The van der Waals surface area contributed by atoms with Gasteiger partial charge in [0.15, 0.2) is 11.0 Å². The summed E-state index contributed by atoms with van der Waals surface area (Å²) in [5.74, 6) is 0.311. The van der Waals surface area contributed by atoms with E-state index in [9.17, 15) is 4.79 Å². The number of nitrogen functional groups attached to an aromatic ring is 1. The zero-order valence-electron chi connectivity index (χ0n) is 10.7. The molecule has 1 fully saturated rings. The number of hydrogen-bond acceptors (Lipinski definition) is 6. The molecule has 19 heavy (non-hydrogen) atoms. The highest BCUT2D eigenvalue weighted by atomic mass is 35.5. The van der Waals surface area contributed by atoms with Crippen LogP contribution in [0.1, 0.15) is 25.7 Å². The maximum atomic E-state index is 11.6. The maximum absolute atomic E-state index is 11.6. The fourth-order valence-corrected chi connectivity index (χ4v) is 2.52. The van der Waals surface area contributed by atoms with Crippen molar-refractivity contribution in [1.29, 1.82) is 0 Å². The van der Waals surface area contributed by atoms with E-state index in [1.165, 1.54) is 13.4 Å². The molecule has 1 aromatic rings. The van der Waals surface area contributed by atoms with Crippen molar-refractivity contribution in [2.45, 2.75) is 31.7 Å². The van der Waals surface area contributed by atoms with Gasteiger partial charge in [-0.05, 0) is 19.3 Å². The van der Waals surface area contributed by atoms with Crippen LogP contribution in [0, 0.1) is 5.92 Å². The first-order chi connectivity index (χ1) is 9.11. The fraction of sp³-hybridized carbons (Fsp3) is 0.583. The van der Waals surface area contributed by atoms with Crippen LogP contribution in [0.2, 0.25) is 5.15 Å². The van der Waals surface area contributed by atoms with Crippen LogP contribution in [0.25, 0.3) is 0 Å². The summed E-state index contributed by atoms with van der Waals surface area (Å²) < 4.78 is 4.79. The van der Waals surface area contributed by atoms with Crippen LogP contribution in [-0.4, -0.2) is 29.1 Å². The zero-order chi connectivity index (χ0) is 13.8. The van der Waals surface area contributed by atoms with E-state index in [0.29, 0.717) is 17.9 Å². The van der Waals surface area contributed by atoms with Crippen LogP contribution in [0.4, 0.5) is 11.5 Å². The van der Waals surface area contributed by atoms with E-state index in [2.05, 4.69) is 15.3 Å². The van der Waals surface area contributed by atoms with Gasteiger partial charge < -0.3 is 15.8 Å². The number of carbonyl (C=O) groups excluding carboxylic acids is 1. The number of nitrogens with one attached hydrogen (secondary N) is 1. The van der Waals surface area contributed by atoms with Gasteiger partial charge >= 0.3 is 5.97 Å². The number of ether oxygens (including phenoxy) is 1. The normalized spacial score (nSPS) is 22.8. The topological polar surface area (TPSA) is 90.1 Å². The summed E-state index contributed by atoms with van der Waals surface area (Å²) in [6.45, 7) is 0. The molecule has 0 aliphatic heterocycles. The Labute approximate surface area is 116 Å². The van der Waals surface area contributed by atoms with Gasteiger partial charge in [-0.25, -0.2) is 9.97 Å². The molecule has 1 saturated carbocycles. The number of nitrogens with two attached hydrogens (primary N) is 1. The van der Waals surface area contributed by atoms with Crippen molar-refractivity contribution in [3.05, 3.63) is 11.5 Å². The Hall–Kier alpha value is -1.56. The van der Waals surface area contributed by atoms with Crippen LogP contribution in [0.3, 0.4) is 0 Å². The summed E-state index contributed by atoms with van der Waals surface area (Å²) in [4.78, 5) is 19.4. The lowest BCUT2D eigenvalue weighted by Crippen LogP contribution is -2.32. The molecule has 2 rings (SSSR count). The van der Waals surface area contributed by atoms with Crippen molar-refractivity contribution in [3.63, 3.8) is 0 Å². The van der Waals surface area contributed by atoms with Gasteiger partial charge in [-0.3, -0.25) is 4.79 Å². The molecule has 1 aliphatic rings. The van der Waals surface area contributed by atoms with Gasteiger partial charge in [-0.15, -0.1) is 0 Å². The lowest BCUT2D eigenvalue weighted by Gasteiger charge is -2.28. The molecule has 7 heteroatoms. The van der Waals surface area contributed by atoms with E-state index in [1.54, 1.807) is 0 Å². The van der Waals surface area contributed by atoms with E-state index < -0.39 is 0 Å². The molecule has 1 aliphatic carbocycles. The molecule has 1 aromatic heterocycles. The molecule has 0 aromatic carbocycles. The van der Waals surface area contributed by atoms with Crippen molar-refractivity contribution in [2.75, 3.05) is 18.2 Å². The molecular weight excluding hydrogens is 268 g/mol. The number of methoxy groups -OCH3 is 1. The van der Waals surface area contributed by atoms with Crippen LogP contribution in [-0.2, 0) is 9.53 Å². The van der Waals surface area contributed by atoms with Gasteiger partial charge in [0.25, 0.3) is 0 Å². The second-order valence-electron chi connectivity index (χ2n) is 4.65. The van der Waals surface area contributed by atoms with E-state index in [1.807, 2.05) is 0 Å². The Bertz CT molecular complexity index is 469. The number of aromatic nitrogens is 2. The van der Waals surface area contributed by atoms with Crippen LogP contribution in [0.15, 0.2) is 6.33 Å². The molecule has 0 spiro atoms. The van der Waals surface area contributed by atoms with Crippen LogP contribution < -0.4 is 11.1 Å². The second-order valence-corrected chi connectivity index (χ2v) is 5.01. The summed E-state index contributed by atoms with van der Waals surface area (Å²) in [7, 11) is 1.42. The lowest BCUT2D eigenvalue weighted by atomic mass is 9.86. The average Bonchev–Trinajstić information content (AvgIpc) is 2.43. The monoisotopic (exact) mass is 284 g/mol. The maximum Gasteiger partial charge on any atom is 0.308 e. The summed E-state index contributed by atoms with van der Waals surface area (Å²) in [6, 6.07) is 0.145. The first-order valence-electron chi connectivity index (χ1n) is 6.22. The Morgan fingerprint density at radius 1 is 1.53 bits per heavy atom. The minimum Gasteiger partial charge on any atom is -0.469 e. The van der Waals surface area contributed by atoms with Gasteiger partial charge in [-0.1, -0.05) is 18.0 Å². The van der Waals surface area contributed by atoms with Crippen molar-refractivity contribution < 1.29 is 9.53 Å². The van der Waals surface area contributed by atoms with Gasteiger partial charge in [0.1, 0.15) is 12.0 Å². The first-order valence-corrected chi connectivity index (χ1v) is 6.60. The molecule has 6 nitrogen and oxygen atoms in total. The standard InChI is InChI=1S/C12H17ClN4O2/c1-19-12(18)7-3-2-4-8(5-7)17-11-9(14)10(13)15-6-16-11/h6-8H,2-5,14H2,1H3,(H,15,16,17). The average molecular weight is 285 g/mol. The molecular formula is C12H17ClN4O2. The summed E-state index contributed by atoms with van der Waals surface area (Å²) in [5, 5.41) is 3.46. The largest absolute Gasteiger partial charge is 0.469 e. The number of anilines is 2. The van der Waals surface area contributed by atoms with E-state index in [4.69, 9.17) is 22.1 Å². The summed E-state index contributed by atoms with van der Waals surface area (Å²) in [6.07, 6.45) is 4.88. The molecule has 104 valence electrons. The van der Waals surface area contributed by atoms with E-state index in [0.717, 1.165) is 19.3 Å². The third-order valence-electron chi connectivity index (χ3n) is 3.38. The highest BCUT2D eigenvalue weighted by Crippen LogP contribution is 2.29. The zero-order valence-corrected chi connectivity index (χ0v) is 11.5. The number of carbonyl (C=O) groups is 1. The highest BCUT2D eigenvalue weighted by Gasteiger charge is 2.28. The smallest absolute Gasteiger partial charge is 0.308 e. The summed E-state index contributed by atoms with van der Waals surface area (Å²) >= 11 is 5.84. The Morgan fingerprint density at radius 2 is 2.32 bits per heavy atom. The van der Waals surface area contributed by atoms with Crippen molar-refractivity contribution in [2.24, 2.45) is 5.92 Å². The molecule has 0 radical (unpaired) electrons. The number of hydrogen-bond donors (Lipinski definition) is 2. The molecule has 2 atom stereocenters. The molecule has 0 bridgehead atoms. The predicted molar refractivity (Wildman–Crippen MR) is 72.8 cm³/mol. The number of rotatable bonds is 3. The van der Waals surface area contributed by atoms with Gasteiger partial charge in [-0.2, -0.15) is 0 Å². The molecule has 0 saturated heterocycles. The molecule has 1 heterocycles. The van der Waals surface area contributed by atoms with Gasteiger partial charge in [0, 0.05) is 6.04 Å². The highest BCUT2D eigenvalue weighted by molar-refractivity contribution is 6.32. The minimum absolute atomic E-state index is 0.0604. The summed E-state index contributed by atoms with van der Waals surface area (Å²) in [5.41, 5.74) is 6.15. The minimum atomic E-state index is -0.153. The van der Waals surface area contributed by atoms with Gasteiger partial charge in [0.2, 0.25) is 0 Å². The first kappa shape index (κ1) is 13.9. The number of esters is 1. The molecule has 3 N–H and O–H groups in total. The van der Waals surface area contributed by atoms with E-state index >= 15 is 0 Å². The Morgan fingerprint density at radius 3 is 3.05 bits per heavy atom. The molecule has 2 unspecified atom stereocenters. The Kier molecular flexibility index (Phi) is 4.42. The van der Waals surface area contributed by atoms with Crippen molar-refractivity contribution in [1.82, 2.24) is 9.97 Å². The third-order valence-corrected chi connectivity index (χ3v) is 3.69. The quantitative estimate of drug-likeness (QED) is 0.650. The fourth-order valence-electron chi connectivity index (χ4n) is 2.38. The lowest BCUT2D eigenvalue weighted by molar-refractivity contribution is -0.146. The molecule has 0 amide bonds. The van der Waals surface area contributed by atoms with Crippen LogP contribution >= 0.6 is 11.6 Å². The third kappa shape index (κ3) is 3.26. The van der Waals surface area contributed by atoms with Crippen LogP contribution in [0.5, 0.6) is 0 Å². The Balaban J connectivity index is 2.03. The number of nitrogens with zero attached hydrogens (tertiary/aromatic N) is 2. The number of halogens is 1. The predicted octanol–water partition coefficient (Wildman–Crippen LogP) is 1.86. The van der Waals surface area contributed by atoms with Crippen molar-refractivity contribution >= 4 is 29.1 Å².